The largest absolute Gasteiger partial charge is 0.320 e. The number of benzene rings is 2. The lowest BCUT2D eigenvalue weighted by atomic mass is 10.1. The van der Waals surface area contributed by atoms with Gasteiger partial charge in [-0.1, -0.05) is 36.4 Å². The van der Waals surface area contributed by atoms with E-state index in [0.29, 0.717) is 11.3 Å². The molecule has 0 aliphatic rings. The van der Waals surface area contributed by atoms with Gasteiger partial charge in [-0.2, -0.15) is 5.10 Å². The van der Waals surface area contributed by atoms with Gasteiger partial charge in [-0.25, -0.2) is 4.68 Å². The minimum atomic E-state index is -0.194. The van der Waals surface area contributed by atoms with Crippen molar-refractivity contribution in [1.82, 2.24) is 14.8 Å². The number of pyridine rings is 1. The summed E-state index contributed by atoms with van der Waals surface area (Å²) in [6.45, 7) is 3.92. The number of amides is 1. The standard InChI is InChI=1S/C21H18N4O/c1-14-7-3-4-11-19(14)25-15(2)17(13-23-25)21(26)24-18-10-5-8-16-9-6-12-22-20(16)18/h3-13H,1-2H3,(H,24,26). The molecule has 1 amide bonds. The van der Waals surface area contributed by atoms with E-state index < -0.39 is 0 Å². The monoisotopic (exact) mass is 342 g/mol. The van der Waals surface area contributed by atoms with Crippen LogP contribution in [-0.2, 0) is 0 Å². The number of nitrogens with zero attached hydrogens (tertiary/aromatic N) is 3. The van der Waals surface area contributed by atoms with Crippen LogP contribution in [0.1, 0.15) is 21.6 Å². The van der Waals surface area contributed by atoms with Crippen LogP contribution in [0, 0.1) is 13.8 Å². The van der Waals surface area contributed by atoms with Crippen molar-refractivity contribution in [2.45, 2.75) is 13.8 Å². The third-order valence-corrected chi connectivity index (χ3v) is 4.48. The van der Waals surface area contributed by atoms with E-state index in [4.69, 9.17) is 0 Å². The molecule has 1 N–H and O–H groups in total. The number of para-hydroxylation sites is 2. The topological polar surface area (TPSA) is 59.8 Å². The molecule has 2 heterocycles. The summed E-state index contributed by atoms with van der Waals surface area (Å²) in [5.41, 5.74) is 4.87. The molecular weight excluding hydrogens is 324 g/mol. The van der Waals surface area contributed by atoms with Crippen LogP contribution in [0.15, 0.2) is 67.0 Å². The summed E-state index contributed by atoms with van der Waals surface area (Å²) in [4.78, 5) is 17.2. The average Bonchev–Trinajstić information content (AvgIpc) is 3.04. The Kier molecular flexibility index (Phi) is 3.97. The predicted octanol–water partition coefficient (Wildman–Crippen LogP) is 4.29. The minimum Gasteiger partial charge on any atom is -0.320 e. The summed E-state index contributed by atoms with van der Waals surface area (Å²) < 4.78 is 1.80. The molecule has 0 saturated heterocycles. The van der Waals surface area contributed by atoms with Gasteiger partial charge in [0.1, 0.15) is 0 Å². The van der Waals surface area contributed by atoms with Gasteiger partial charge in [-0.15, -0.1) is 0 Å². The Balaban J connectivity index is 1.68. The van der Waals surface area contributed by atoms with Gasteiger partial charge in [0.05, 0.1) is 34.3 Å². The van der Waals surface area contributed by atoms with Crippen LogP contribution < -0.4 is 5.32 Å². The van der Waals surface area contributed by atoms with Crippen molar-refractivity contribution in [3.05, 3.63) is 83.8 Å². The van der Waals surface area contributed by atoms with E-state index in [9.17, 15) is 4.79 Å². The molecule has 2 aromatic heterocycles. The maximum absolute atomic E-state index is 12.8. The van der Waals surface area contributed by atoms with Crippen molar-refractivity contribution in [1.29, 1.82) is 0 Å². The van der Waals surface area contributed by atoms with Gasteiger partial charge in [-0.05, 0) is 37.6 Å². The van der Waals surface area contributed by atoms with Crippen molar-refractivity contribution in [2.24, 2.45) is 0 Å². The van der Waals surface area contributed by atoms with E-state index >= 15 is 0 Å². The van der Waals surface area contributed by atoms with Gasteiger partial charge in [-0.3, -0.25) is 9.78 Å². The third-order valence-electron chi connectivity index (χ3n) is 4.48. The summed E-state index contributed by atoms with van der Waals surface area (Å²) >= 11 is 0. The number of aryl methyl sites for hydroxylation is 1. The molecule has 5 heteroatoms. The summed E-state index contributed by atoms with van der Waals surface area (Å²) in [5.74, 6) is -0.194. The molecule has 26 heavy (non-hydrogen) atoms. The highest BCUT2D eigenvalue weighted by atomic mass is 16.1. The Morgan fingerprint density at radius 1 is 1.00 bits per heavy atom. The van der Waals surface area contributed by atoms with Crippen LogP contribution in [0.3, 0.4) is 0 Å². The highest BCUT2D eigenvalue weighted by Gasteiger charge is 2.17. The van der Waals surface area contributed by atoms with Gasteiger partial charge in [0.15, 0.2) is 0 Å². The lowest BCUT2D eigenvalue weighted by Crippen LogP contribution is -2.13. The molecule has 2 aromatic carbocycles. The Morgan fingerprint density at radius 2 is 1.81 bits per heavy atom. The Morgan fingerprint density at radius 3 is 2.65 bits per heavy atom. The van der Waals surface area contributed by atoms with Crippen LogP contribution in [0.2, 0.25) is 0 Å². The molecule has 0 aliphatic heterocycles. The molecular formula is C21H18N4O. The molecule has 5 nitrogen and oxygen atoms in total. The SMILES string of the molecule is Cc1ccccc1-n1ncc(C(=O)Nc2cccc3cccnc23)c1C. The number of anilines is 1. The summed E-state index contributed by atoms with van der Waals surface area (Å²) in [5, 5.41) is 8.36. The first kappa shape index (κ1) is 16.0. The van der Waals surface area contributed by atoms with Gasteiger partial charge < -0.3 is 5.32 Å². The fraction of sp³-hybridized carbons (Fsp3) is 0.0952. The predicted molar refractivity (Wildman–Crippen MR) is 103 cm³/mol. The molecule has 0 fully saturated rings. The van der Waals surface area contributed by atoms with E-state index in [0.717, 1.165) is 27.8 Å². The van der Waals surface area contributed by atoms with Crippen LogP contribution in [0.4, 0.5) is 5.69 Å². The first-order chi connectivity index (χ1) is 12.6. The number of hydrogen-bond acceptors (Lipinski definition) is 3. The summed E-state index contributed by atoms with van der Waals surface area (Å²) in [6.07, 6.45) is 3.33. The zero-order valence-corrected chi connectivity index (χ0v) is 14.6. The van der Waals surface area contributed by atoms with Crippen LogP contribution in [0.5, 0.6) is 0 Å². The van der Waals surface area contributed by atoms with Gasteiger partial charge in [0.2, 0.25) is 0 Å². The molecule has 4 aromatic rings. The van der Waals surface area contributed by atoms with Gasteiger partial charge in [0, 0.05) is 11.6 Å². The summed E-state index contributed by atoms with van der Waals surface area (Å²) in [6, 6.07) is 17.5. The molecule has 0 bridgehead atoms. The van der Waals surface area contributed by atoms with Crippen molar-refractivity contribution in [3.63, 3.8) is 0 Å². The zero-order chi connectivity index (χ0) is 18.1. The van der Waals surface area contributed by atoms with Crippen molar-refractivity contribution in [2.75, 3.05) is 5.32 Å². The number of nitrogens with one attached hydrogen (secondary N) is 1. The lowest BCUT2D eigenvalue weighted by molar-refractivity contribution is 0.102. The maximum Gasteiger partial charge on any atom is 0.259 e. The van der Waals surface area contributed by atoms with Crippen molar-refractivity contribution < 1.29 is 4.79 Å². The van der Waals surface area contributed by atoms with Crippen LogP contribution in [0.25, 0.3) is 16.6 Å². The van der Waals surface area contributed by atoms with E-state index in [2.05, 4.69) is 15.4 Å². The molecule has 4 rings (SSSR count). The highest BCUT2D eigenvalue weighted by Crippen LogP contribution is 2.23. The van der Waals surface area contributed by atoms with Crippen molar-refractivity contribution >= 4 is 22.5 Å². The highest BCUT2D eigenvalue weighted by molar-refractivity contribution is 6.08. The molecule has 128 valence electrons. The fourth-order valence-corrected chi connectivity index (χ4v) is 3.07. The number of rotatable bonds is 3. The molecule has 0 spiro atoms. The molecule has 0 unspecified atom stereocenters. The second-order valence-electron chi connectivity index (χ2n) is 6.18. The number of carbonyl (C=O) groups is 1. The Hall–Kier alpha value is -3.47. The Labute approximate surface area is 151 Å². The zero-order valence-electron chi connectivity index (χ0n) is 14.6. The Bertz CT molecular complexity index is 1110. The molecule has 0 atom stereocenters. The second kappa shape index (κ2) is 6.44. The molecule has 0 aliphatic carbocycles. The first-order valence-corrected chi connectivity index (χ1v) is 8.41. The third kappa shape index (κ3) is 2.73. The number of aromatic nitrogens is 3. The number of fused-ring (bicyclic) bond motifs is 1. The van der Waals surface area contributed by atoms with Crippen LogP contribution in [-0.4, -0.2) is 20.7 Å². The summed E-state index contributed by atoms with van der Waals surface area (Å²) in [7, 11) is 0. The van der Waals surface area contributed by atoms with E-state index in [1.807, 2.05) is 68.4 Å². The van der Waals surface area contributed by atoms with Gasteiger partial charge in [0.25, 0.3) is 5.91 Å². The normalized spacial score (nSPS) is 10.8. The van der Waals surface area contributed by atoms with E-state index in [-0.39, 0.29) is 5.91 Å². The molecule has 0 saturated carbocycles. The first-order valence-electron chi connectivity index (χ1n) is 8.41. The van der Waals surface area contributed by atoms with E-state index in [1.165, 1.54) is 0 Å². The van der Waals surface area contributed by atoms with E-state index in [1.54, 1.807) is 17.1 Å². The smallest absolute Gasteiger partial charge is 0.259 e. The minimum absolute atomic E-state index is 0.194. The van der Waals surface area contributed by atoms with Gasteiger partial charge >= 0.3 is 0 Å². The average molecular weight is 342 g/mol. The number of hydrogen-bond donors (Lipinski definition) is 1. The second-order valence-corrected chi connectivity index (χ2v) is 6.18. The van der Waals surface area contributed by atoms with Crippen LogP contribution >= 0.6 is 0 Å². The maximum atomic E-state index is 12.8. The number of carbonyl (C=O) groups excluding carboxylic acids is 1. The lowest BCUT2D eigenvalue weighted by Gasteiger charge is -2.09. The fourth-order valence-electron chi connectivity index (χ4n) is 3.07. The van der Waals surface area contributed by atoms with Crippen molar-refractivity contribution in [3.8, 4) is 5.69 Å². The molecule has 0 radical (unpaired) electrons. The quantitative estimate of drug-likeness (QED) is 0.604.